The maximum absolute atomic E-state index is 13.5. The van der Waals surface area contributed by atoms with Crippen molar-refractivity contribution in [2.45, 2.75) is 57.4 Å². The first-order chi connectivity index (χ1) is 16.3. The topological polar surface area (TPSA) is 117 Å². The van der Waals surface area contributed by atoms with E-state index in [-0.39, 0.29) is 17.1 Å². The average Bonchev–Trinajstić information content (AvgIpc) is 3.22. The van der Waals surface area contributed by atoms with Crippen LogP contribution in [0.15, 0.2) is 34.9 Å². The summed E-state index contributed by atoms with van der Waals surface area (Å²) < 4.78 is 34.1. The Bertz CT molecular complexity index is 1110. The van der Waals surface area contributed by atoms with Crippen molar-refractivity contribution in [1.29, 1.82) is 0 Å². The number of rotatable bonds is 8. The second-order valence-corrected chi connectivity index (χ2v) is 12.1. The third-order valence-corrected chi connectivity index (χ3v) is 9.58. The molecule has 1 spiro atoms. The zero-order chi connectivity index (χ0) is 23.8. The molecule has 34 heavy (non-hydrogen) atoms. The molecule has 184 valence electrons. The average molecular weight is 489 g/mol. The maximum Gasteiger partial charge on any atom is 0.407 e. The number of nitrogens with zero attached hydrogens (tertiary/aromatic N) is 4. The Labute approximate surface area is 200 Å². The molecule has 0 bridgehead atoms. The number of sulfonamides is 1. The van der Waals surface area contributed by atoms with E-state index in [9.17, 15) is 13.2 Å². The second kappa shape index (κ2) is 9.30. The van der Waals surface area contributed by atoms with Gasteiger partial charge in [-0.3, -0.25) is 0 Å². The molecule has 3 heterocycles. The van der Waals surface area contributed by atoms with Crippen molar-refractivity contribution in [1.82, 2.24) is 19.3 Å². The lowest BCUT2D eigenvalue weighted by molar-refractivity contribution is 0.127. The summed E-state index contributed by atoms with van der Waals surface area (Å²) in [5.41, 5.74) is 1.32. The van der Waals surface area contributed by atoms with Gasteiger partial charge in [0.1, 0.15) is 6.04 Å². The van der Waals surface area contributed by atoms with Crippen LogP contribution in [0.5, 0.6) is 0 Å². The number of hydrogen-bond acceptors (Lipinski definition) is 6. The minimum Gasteiger partial charge on any atom is -0.465 e. The minimum atomic E-state index is -3.53. The van der Waals surface area contributed by atoms with Crippen molar-refractivity contribution in [3.05, 3.63) is 47.6 Å². The number of piperidine rings is 1. The van der Waals surface area contributed by atoms with E-state index in [2.05, 4.69) is 22.3 Å². The van der Waals surface area contributed by atoms with Gasteiger partial charge in [0.25, 0.3) is 0 Å². The fraction of sp³-hybridized carbons (Fsp3) is 0.625. The molecule has 1 aromatic heterocycles. The number of carboxylic acid groups (broad SMARTS) is 1. The van der Waals surface area contributed by atoms with E-state index in [4.69, 9.17) is 9.63 Å². The van der Waals surface area contributed by atoms with E-state index >= 15 is 0 Å². The lowest BCUT2D eigenvalue weighted by atomic mass is 9.99. The minimum absolute atomic E-state index is 0.0340. The van der Waals surface area contributed by atoms with Crippen molar-refractivity contribution in [2.24, 2.45) is 11.3 Å². The van der Waals surface area contributed by atoms with Gasteiger partial charge in [0, 0.05) is 26.1 Å². The first-order valence-corrected chi connectivity index (χ1v) is 13.8. The molecule has 3 aliphatic rings. The zero-order valence-electron chi connectivity index (χ0n) is 19.3. The van der Waals surface area contributed by atoms with E-state index in [0.29, 0.717) is 50.6 Å². The van der Waals surface area contributed by atoms with Crippen LogP contribution in [0, 0.1) is 11.3 Å². The van der Waals surface area contributed by atoms with Gasteiger partial charge < -0.3 is 14.5 Å². The van der Waals surface area contributed by atoms with E-state index in [0.717, 1.165) is 32.1 Å². The molecule has 9 nitrogen and oxygen atoms in total. The summed E-state index contributed by atoms with van der Waals surface area (Å²) >= 11 is 0. The lowest BCUT2D eigenvalue weighted by Gasteiger charge is -2.31. The Kier molecular flexibility index (Phi) is 6.37. The van der Waals surface area contributed by atoms with Crippen molar-refractivity contribution < 1.29 is 22.8 Å². The van der Waals surface area contributed by atoms with Gasteiger partial charge in [-0.05, 0) is 61.8 Å². The first-order valence-electron chi connectivity index (χ1n) is 12.2. The molecule has 2 aliphatic heterocycles. The van der Waals surface area contributed by atoms with Gasteiger partial charge in [-0.25, -0.2) is 13.2 Å². The smallest absolute Gasteiger partial charge is 0.407 e. The van der Waals surface area contributed by atoms with Crippen LogP contribution in [0.25, 0.3) is 0 Å². The quantitative estimate of drug-likeness (QED) is 0.604. The largest absolute Gasteiger partial charge is 0.465 e. The summed E-state index contributed by atoms with van der Waals surface area (Å²) in [6.45, 7) is 1.29. The number of likely N-dealkylation sites (tertiary alicyclic amines) is 1. The van der Waals surface area contributed by atoms with E-state index < -0.39 is 22.2 Å². The summed E-state index contributed by atoms with van der Waals surface area (Å²) in [7, 11) is -3.53. The number of amides is 1. The highest BCUT2D eigenvalue weighted by Crippen LogP contribution is 2.59. The molecule has 2 saturated heterocycles. The summed E-state index contributed by atoms with van der Waals surface area (Å²) in [4.78, 5) is 17.1. The van der Waals surface area contributed by atoms with Crippen LogP contribution in [0.3, 0.4) is 0 Å². The lowest BCUT2D eigenvalue weighted by Crippen LogP contribution is -2.41. The van der Waals surface area contributed by atoms with Crippen LogP contribution in [0.4, 0.5) is 4.79 Å². The van der Waals surface area contributed by atoms with Crippen LogP contribution in [0.1, 0.15) is 61.8 Å². The Hall–Kier alpha value is -2.46. The fourth-order valence-electron chi connectivity index (χ4n) is 5.34. The highest BCUT2D eigenvalue weighted by molar-refractivity contribution is 7.89. The van der Waals surface area contributed by atoms with Crippen LogP contribution < -0.4 is 0 Å². The maximum atomic E-state index is 13.5. The van der Waals surface area contributed by atoms with Gasteiger partial charge in [0.2, 0.25) is 15.9 Å². The molecule has 2 aromatic rings. The molecule has 10 heteroatoms. The highest BCUT2D eigenvalue weighted by atomic mass is 32.2. The third-order valence-electron chi connectivity index (χ3n) is 7.59. The molecule has 0 unspecified atom stereocenters. The molecule has 1 aromatic carbocycles. The fourth-order valence-corrected chi connectivity index (χ4v) is 7.49. The van der Waals surface area contributed by atoms with E-state index in [1.165, 1.54) is 10.5 Å². The summed E-state index contributed by atoms with van der Waals surface area (Å²) in [6.07, 6.45) is 5.51. The molecule has 0 radical (unpaired) electrons. The Morgan fingerprint density at radius 3 is 2.56 bits per heavy atom. The molecule has 3 fully saturated rings. The van der Waals surface area contributed by atoms with Crippen molar-refractivity contribution in [3.8, 4) is 0 Å². The highest BCUT2D eigenvalue weighted by Gasteiger charge is 2.57. The van der Waals surface area contributed by atoms with Gasteiger partial charge in [0.05, 0.1) is 5.75 Å². The normalized spacial score (nSPS) is 22.9. The Balaban J connectivity index is 1.23. The van der Waals surface area contributed by atoms with Crippen LogP contribution in [-0.2, 0) is 22.9 Å². The summed E-state index contributed by atoms with van der Waals surface area (Å²) in [5, 5.41) is 13.3. The Morgan fingerprint density at radius 1 is 1.15 bits per heavy atom. The molecular weight excluding hydrogens is 456 g/mol. The van der Waals surface area contributed by atoms with Gasteiger partial charge in [-0.1, -0.05) is 35.5 Å². The molecule has 1 amide bonds. The molecule has 1 atom stereocenters. The van der Waals surface area contributed by atoms with Gasteiger partial charge in [-0.15, -0.1) is 0 Å². The third kappa shape index (κ3) is 5.12. The number of hydrogen-bond donors (Lipinski definition) is 1. The van der Waals surface area contributed by atoms with Crippen molar-refractivity contribution in [3.63, 3.8) is 0 Å². The number of benzene rings is 1. The monoisotopic (exact) mass is 488 g/mol. The van der Waals surface area contributed by atoms with Gasteiger partial charge in [-0.2, -0.15) is 9.29 Å². The standard InChI is InChI=1S/C24H32N4O5S/c29-23(30)27-13-9-19(10-14-27)16-34(31,32)28-17-24(11-12-24)15-20(28)22-25-21(26-33-22)8-4-7-18-5-2-1-3-6-18/h1-3,5-6,19-20H,4,7-17H2,(H,29,30)/t20-/m0/s1. The number of aryl methyl sites for hydroxylation is 2. The molecule has 1 N–H and O–H groups in total. The predicted molar refractivity (Wildman–Crippen MR) is 125 cm³/mol. The van der Waals surface area contributed by atoms with Gasteiger partial charge >= 0.3 is 6.09 Å². The molecule has 1 saturated carbocycles. The SMILES string of the molecule is O=C(O)N1CCC(CS(=O)(=O)N2CC3(CC3)C[C@H]2c2nc(CCCc3ccccc3)no2)CC1. The first kappa shape index (κ1) is 23.3. The van der Waals surface area contributed by atoms with E-state index in [1.807, 2.05) is 18.2 Å². The van der Waals surface area contributed by atoms with Crippen LogP contribution in [0.2, 0.25) is 0 Å². The molecular formula is C24H32N4O5S. The van der Waals surface area contributed by atoms with Crippen molar-refractivity contribution in [2.75, 3.05) is 25.4 Å². The summed E-state index contributed by atoms with van der Waals surface area (Å²) in [5.74, 6) is 1.04. The van der Waals surface area contributed by atoms with E-state index in [1.54, 1.807) is 4.31 Å². The number of aromatic nitrogens is 2. The second-order valence-electron chi connectivity index (χ2n) is 10.1. The summed E-state index contributed by atoms with van der Waals surface area (Å²) in [6, 6.07) is 9.86. The molecule has 1 aliphatic carbocycles. The Morgan fingerprint density at radius 2 is 1.88 bits per heavy atom. The van der Waals surface area contributed by atoms with Gasteiger partial charge in [0.15, 0.2) is 5.82 Å². The van der Waals surface area contributed by atoms with Crippen LogP contribution in [-0.4, -0.2) is 64.4 Å². The predicted octanol–water partition coefficient (Wildman–Crippen LogP) is 3.49. The van der Waals surface area contributed by atoms with Crippen LogP contribution >= 0.6 is 0 Å². The molecule has 5 rings (SSSR count). The number of carbonyl (C=O) groups is 1. The van der Waals surface area contributed by atoms with Crippen molar-refractivity contribution >= 4 is 16.1 Å². The zero-order valence-corrected chi connectivity index (χ0v) is 20.1.